The smallest absolute Gasteiger partial charge is 0.336 e. The van der Waals surface area contributed by atoms with Crippen LogP contribution in [-0.2, 0) is 56.1 Å². The topological polar surface area (TPSA) is 282 Å². The van der Waals surface area contributed by atoms with Crippen LogP contribution in [0.15, 0.2) is 54.6 Å². The van der Waals surface area contributed by atoms with Gasteiger partial charge in [0.1, 0.15) is 30.2 Å². The van der Waals surface area contributed by atoms with Gasteiger partial charge in [0.2, 0.25) is 29.5 Å². The summed E-state index contributed by atoms with van der Waals surface area (Å²) in [6.45, 7) is 10.1. The van der Waals surface area contributed by atoms with Crippen LogP contribution in [0, 0.1) is 11.8 Å². The minimum Gasteiger partial charge on any atom is -0.481 e. The fourth-order valence-corrected chi connectivity index (χ4v) is 8.10. The molecule has 8 N–H and O–H groups in total. The first-order valence-electron chi connectivity index (χ1n) is 22.9. The maximum absolute atomic E-state index is 14.7. The van der Waals surface area contributed by atoms with E-state index in [1.54, 1.807) is 27.7 Å². The van der Waals surface area contributed by atoms with Gasteiger partial charge in [-0.2, -0.15) is 0 Å². The van der Waals surface area contributed by atoms with Crippen molar-refractivity contribution in [1.82, 2.24) is 41.9 Å². The zero-order valence-electron chi connectivity index (χ0n) is 39.0. The van der Waals surface area contributed by atoms with E-state index in [4.69, 9.17) is 4.74 Å². The number of aliphatic carboxylic acids is 2. The number of carboxylic acids is 2. The minimum absolute atomic E-state index is 0.0283. The molecule has 4 rings (SSSR count). The molecule has 67 heavy (non-hydrogen) atoms. The lowest BCUT2D eigenvalue weighted by molar-refractivity contribution is -0.144. The molecule has 1 fully saturated rings. The van der Waals surface area contributed by atoms with Gasteiger partial charge >= 0.3 is 18.0 Å². The number of benzene rings is 2. The van der Waals surface area contributed by atoms with Gasteiger partial charge in [-0.15, -0.1) is 0 Å². The third-order valence-corrected chi connectivity index (χ3v) is 11.9. The number of ether oxygens (including phenoxy) is 1. The third-order valence-electron chi connectivity index (χ3n) is 11.9. The first kappa shape index (κ1) is 53.0. The van der Waals surface area contributed by atoms with Gasteiger partial charge in [0.25, 0.3) is 5.91 Å². The number of hydrazine groups is 1. The Kier molecular flexibility index (Phi) is 20.1. The lowest BCUT2D eigenvalue weighted by Gasteiger charge is -2.33. The molecule has 0 bridgehead atoms. The number of nitrogens with zero attached hydrogens (tertiary/aromatic N) is 2. The molecule has 2 aromatic rings. The number of carbonyl (C=O) groups is 9. The average molecular weight is 935 g/mol. The molecule has 1 aliphatic carbocycles. The summed E-state index contributed by atoms with van der Waals surface area (Å²) in [7, 11) is 0. The number of nitrogens with one attached hydrogen (secondary N) is 6. The lowest BCUT2D eigenvalue weighted by Crippen LogP contribution is -2.62. The summed E-state index contributed by atoms with van der Waals surface area (Å²) in [6.07, 6.45) is -0.0641. The first-order valence-corrected chi connectivity index (χ1v) is 22.9. The van der Waals surface area contributed by atoms with Gasteiger partial charge in [-0.1, -0.05) is 95.6 Å². The molecule has 2 aliphatic rings. The Morgan fingerprint density at radius 3 is 2.09 bits per heavy atom. The number of carboxylic acid groups (broad SMARTS) is 2. The number of hydrogen-bond acceptors (Lipinski definition) is 10. The van der Waals surface area contributed by atoms with E-state index in [9.17, 15) is 53.4 Å². The minimum atomic E-state index is -1.59. The number of likely N-dealkylation sites (tertiary alicyclic amines) is 1. The second kappa shape index (κ2) is 25.4. The predicted molar refractivity (Wildman–Crippen MR) is 243 cm³/mol. The highest BCUT2D eigenvalue weighted by atomic mass is 16.5. The van der Waals surface area contributed by atoms with Crippen molar-refractivity contribution in [1.29, 1.82) is 0 Å². The normalized spacial score (nSPS) is 18.6. The van der Waals surface area contributed by atoms with E-state index in [1.807, 2.05) is 61.5 Å². The Morgan fingerprint density at radius 2 is 1.46 bits per heavy atom. The van der Waals surface area contributed by atoms with Crippen molar-refractivity contribution in [3.05, 3.63) is 71.3 Å². The predicted octanol–water partition coefficient (Wildman–Crippen LogP) is 2.31. The summed E-state index contributed by atoms with van der Waals surface area (Å²) >= 11 is 0. The molecular weight excluding hydrogens is 869 g/mol. The van der Waals surface area contributed by atoms with Crippen molar-refractivity contribution in [3.8, 4) is 0 Å². The molecule has 0 saturated carbocycles. The fraction of sp³-hybridized carbons (Fsp3) is 0.553. The number of carbonyl (C=O) groups excluding carboxylic acids is 7. The summed E-state index contributed by atoms with van der Waals surface area (Å²) in [5.74, 6) is -8.64. The second-order valence-electron chi connectivity index (χ2n) is 17.5. The van der Waals surface area contributed by atoms with E-state index in [2.05, 4.69) is 32.0 Å². The van der Waals surface area contributed by atoms with Crippen LogP contribution in [0.4, 0.5) is 4.79 Å². The van der Waals surface area contributed by atoms with E-state index in [0.717, 1.165) is 30.0 Å². The van der Waals surface area contributed by atoms with Crippen molar-refractivity contribution in [2.45, 2.75) is 142 Å². The highest BCUT2D eigenvalue weighted by Gasteiger charge is 2.45. The quantitative estimate of drug-likeness (QED) is 0.0746. The summed E-state index contributed by atoms with van der Waals surface area (Å²) in [5, 5.41) is 32.9. The molecule has 1 heterocycles. The van der Waals surface area contributed by atoms with Crippen molar-refractivity contribution < 1.29 is 58.1 Å². The number of hydrogen-bond donors (Lipinski definition) is 8. The van der Waals surface area contributed by atoms with Crippen LogP contribution >= 0.6 is 0 Å². The third kappa shape index (κ3) is 15.5. The summed E-state index contributed by atoms with van der Waals surface area (Å²) in [6, 6.07) is 9.58. The SMILES string of the molecule is CCCN(NC(=O)[C@@H]1C[C@@H](OCc2ccccc2)CN1C(=O)[C@@H](NC(=O)[C@@H](NC(=O)[C@@H](CCC(=O)O)NC(=O)[C@H](CC(=O)O)NC(C)=O)[C@@H](C)CC)C(C)C)C(=O)N[C@H]1CCc2ccccc21. The fourth-order valence-electron chi connectivity index (χ4n) is 8.10. The van der Waals surface area contributed by atoms with Crippen LogP contribution in [0.25, 0.3) is 0 Å². The zero-order chi connectivity index (χ0) is 49.4. The maximum Gasteiger partial charge on any atom is 0.336 e. The van der Waals surface area contributed by atoms with Gasteiger partial charge in [-0.3, -0.25) is 43.8 Å². The lowest BCUT2D eigenvalue weighted by atomic mass is 9.95. The monoisotopic (exact) mass is 934 g/mol. The van der Waals surface area contributed by atoms with Crippen molar-refractivity contribution in [2.24, 2.45) is 11.8 Å². The molecule has 0 aromatic heterocycles. The van der Waals surface area contributed by atoms with Crippen LogP contribution in [0.3, 0.4) is 0 Å². The van der Waals surface area contributed by atoms with Gasteiger partial charge in [0, 0.05) is 32.9 Å². The van der Waals surface area contributed by atoms with Crippen LogP contribution in [-0.4, -0.2) is 123 Å². The Balaban J connectivity index is 1.57. The Morgan fingerprint density at radius 1 is 0.806 bits per heavy atom. The summed E-state index contributed by atoms with van der Waals surface area (Å²) in [4.78, 5) is 120. The Bertz CT molecular complexity index is 2070. The Labute approximate surface area is 390 Å². The first-order chi connectivity index (χ1) is 31.8. The molecule has 8 amide bonds. The van der Waals surface area contributed by atoms with Crippen LogP contribution in [0.5, 0.6) is 0 Å². The molecule has 366 valence electrons. The molecular formula is C47H66N8O12. The zero-order valence-corrected chi connectivity index (χ0v) is 39.0. The highest BCUT2D eigenvalue weighted by molar-refractivity contribution is 5.97. The van der Waals surface area contributed by atoms with Crippen molar-refractivity contribution in [2.75, 3.05) is 13.1 Å². The molecule has 20 nitrogen and oxygen atoms in total. The van der Waals surface area contributed by atoms with E-state index < -0.39 is 121 Å². The number of rotatable bonds is 23. The number of amides is 8. The van der Waals surface area contributed by atoms with Gasteiger partial charge in [-0.05, 0) is 54.2 Å². The summed E-state index contributed by atoms with van der Waals surface area (Å²) in [5.41, 5.74) is 5.78. The molecule has 20 heteroatoms. The molecule has 2 aromatic carbocycles. The van der Waals surface area contributed by atoms with Crippen molar-refractivity contribution in [3.63, 3.8) is 0 Å². The average Bonchev–Trinajstić information content (AvgIpc) is 3.91. The van der Waals surface area contributed by atoms with Crippen LogP contribution in [0.2, 0.25) is 0 Å². The summed E-state index contributed by atoms with van der Waals surface area (Å²) < 4.78 is 6.24. The molecule has 1 aliphatic heterocycles. The van der Waals surface area contributed by atoms with Gasteiger partial charge in [0.05, 0.1) is 25.2 Å². The van der Waals surface area contributed by atoms with E-state index >= 15 is 0 Å². The second-order valence-corrected chi connectivity index (χ2v) is 17.5. The van der Waals surface area contributed by atoms with E-state index in [-0.39, 0.29) is 32.2 Å². The largest absolute Gasteiger partial charge is 0.481 e. The Hall–Kier alpha value is -6.57. The number of urea groups is 1. The molecule has 0 unspecified atom stereocenters. The van der Waals surface area contributed by atoms with Gasteiger partial charge < -0.3 is 46.4 Å². The van der Waals surface area contributed by atoms with Crippen molar-refractivity contribution >= 4 is 53.4 Å². The highest BCUT2D eigenvalue weighted by Crippen LogP contribution is 2.31. The standard InChI is InChI=1S/C47H66N8O12/c1-7-22-55(47(66)50-34-19-18-31-16-12-13-17-33(31)34)53-44(63)37-23-32(67-26-30-14-10-9-11-15-30)25-54(37)46(65)40(27(3)4)51-45(64)41(28(5)8-2)52-42(61)35(20-21-38(57)58)49-43(62)36(24-39(59)60)48-29(6)56/h9-17,27-28,32,34-37,40-41H,7-8,18-26H2,1-6H3,(H,48,56)(H,49,62)(H,50,66)(H,51,64)(H,52,61)(H,53,63)(H,57,58)(H,59,60)/t28-,32+,34-,35+,36-,37-,40-,41-/m0/s1. The van der Waals surface area contributed by atoms with E-state index in [0.29, 0.717) is 19.3 Å². The molecule has 0 spiro atoms. The molecule has 0 radical (unpaired) electrons. The van der Waals surface area contributed by atoms with Gasteiger partial charge in [-0.25, -0.2) is 9.80 Å². The number of fused-ring (bicyclic) bond motifs is 1. The van der Waals surface area contributed by atoms with Crippen LogP contribution in [0.1, 0.15) is 109 Å². The van der Waals surface area contributed by atoms with E-state index in [1.165, 1.54) is 9.91 Å². The van der Waals surface area contributed by atoms with Gasteiger partial charge in [0.15, 0.2) is 0 Å². The number of aryl methyl sites for hydroxylation is 1. The van der Waals surface area contributed by atoms with Crippen LogP contribution < -0.4 is 32.0 Å². The molecule has 8 atom stereocenters. The maximum atomic E-state index is 14.7. The molecule has 1 saturated heterocycles.